The summed E-state index contributed by atoms with van der Waals surface area (Å²) in [6.07, 6.45) is 0. The lowest BCUT2D eigenvalue weighted by Gasteiger charge is -2.23. The first-order valence-corrected chi connectivity index (χ1v) is 10.1. The zero-order chi connectivity index (χ0) is 19.4. The molecule has 3 rings (SSSR count). The summed E-state index contributed by atoms with van der Waals surface area (Å²) < 4.78 is 14.7. The summed E-state index contributed by atoms with van der Waals surface area (Å²) in [7, 11) is 0. The Morgan fingerprint density at radius 1 is 1.19 bits per heavy atom. The molecule has 0 unspecified atom stereocenters. The van der Waals surface area contributed by atoms with Crippen molar-refractivity contribution in [2.75, 3.05) is 31.1 Å². The van der Waals surface area contributed by atoms with Crippen LogP contribution >= 0.6 is 11.3 Å². The Hall–Kier alpha value is -2.31. The molecule has 3 aromatic rings. The van der Waals surface area contributed by atoms with Crippen molar-refractivity contribution in [1.82, 2.24) is 4.98 Å². The average Bonchev–Trinajstić information content (AvgIpc) is 3.07. The number of hydrogen-bond acceptors (Lipinski definition) is 3. The molecule has 6 heteroatoms. The summed E-state index contributed by atoms with van der Waals surface area (Å²) in [5, 5.41) is 0.663. The predicted molar refractivity (Wildman–Crippen MR) is 109 cm³/mol. The van der Waals surface area contributed by atoms with Crippen molar-refractivity contribution in [1.29, 1.82) is 0 Å². The normalized spacial score (nSPS) is 11.3. The maximum Gasteiger partial charge on any atom is 0.260 e. The SMILES string of the molecule is CC[NH+](CC)CCN(C(=O)c1cccc(F)c1)c1nc2ccc(C)cc2s1. The molecule has 0 bridgehead atoms. The van der Waals surface area contributed by atoms with E-state index in [2.05, 4.69) is 24.9 Å². The molecule has 1 amide bonds. The van der Waals surface area contributed by atoms with Gasteiger partial charge in [-0.1, -0.05) is 23.5 Å². The number of likely N-dealkylation sites (N-methyl/N-ethyl adjacent to an activating group) is 1. The Morgan fingerprint density at radius 3 is 2.67 bits per heavy atom. The van der Waals surface area contributed by atoms with Crippen molar-refractivity contribution < 1.29 is 14.1 Å². The van der Waals surface area contributed by atoms with Crippen LogP contribution in [0.15, 0.2) is 42.5 Å². The number of carbonyl (C=O) groups is 1. The van der Waals surface area contributed by atoms with E-state index in [1.807, 2.05) is 19.1 Å². The van der Waals surface area contributed by atoms with Gasteiger partial charge in [0.05, 0.1) is 36.4 Å². The first-order valence-electron chi connectivity index (χ1n) is 9.30. The molecule has 0 saturated heterocycles. The fourth-order valence-electron chi connectivity index (χ4n) is 3.07. The minimum atomic E-state index is -0.407. The van der Waals surface area contributed by atoms with Gasteiger partial charge in [0.2, 0.25) is 0 Å². The third-order valence-corrected chi connectivity index (χ3v) is 5.81. The lowest BCUT2D eigenvalue weighted by molar-refractivity contribution is -0.894. The highest BCUT2D eigenvalue weighted by molar-refractivity contribution is 7.22. The second kappa shape index (κ2) is 8.59. The summed E-state index contributed by atoms with van der Waals surface area (Å²) in [4.78, 5) is 20.9. The van der Waals surface area contributed by atoms with Gasteiger partial charge in [0.25, 0.3) is 5.91 Å². The summed E-state index contributed by atoms with van der Waals surface area (Å²) in [6, 6.07) is 11.9. The highest BCUT2D eigenvalue weighted by Gasteiger charge is 2.23. The molecule has 0 saturated carbocycles. The van der Waals surface area contributed by atoms with Crippen molar-refractivity contribution >= 4 is 32.6 Å². The van der Waals surface area contributed by atoms with E-state index < -0.39 is 5.82 Å². The summed E-state index contributed by atoms with van der Waals surface area (Å²) in [5.41, 5.74) is 2.39. The number of nitrogens with one attached hydrogen (secondary N) is 1. The molecule has 1 heterocycles. The maximum absolute atomic E-state index is 13.6. The van der Waals surface area contributed by atoms with E-state index in [1.165, 1.54) is 28.4 Å². The molecule has 0 spiro atoms. The van der Waals surface area contributed by atoms with Crippen molar-refractivity contribution in [2.45, 2.75) is 20.8 Å². The number of nitrogens with zero attached hydrogens (tertiary/aromatic N) is 2. The van der Waals surface area contributed by atoms with Crippen LogP contribution in [0.1, 0.15) is 29.8 Å². The number of amides is 1. The molecular formula is C21H25FN3OS+. The van der Waals surface area contributed by atoms with E-state index in [-0.39, 0.29) is 5.91 Å². The highest BCUT2D eigenvalue weighted by atomic mass is 32.1. The summed E-state index contributed by atoms with van der Waals surface area (Å²) >= 11 is 1.50. The van der Waals surface area contributed by atoms with Gasteiger partial charge in [0, 0.05) is 5.56 Å². The number of rotatable bonds is 7. The molecule has 27 heavy (non-hydrogen) atoms. The smallest absolute Gasteiger partial charge is 0.260 e. The predicted octanol–water partition coefficient (Wildman–Crippen LogP) is 3.32. The lowest BCUT2D eigenvalue weighted by atomic mass is 10.2. The molecule has 0 aliphatic carbocycles. The quantitative estimate of drug-likeness (QED) is 0.676. The van der Waals surface area contributed by atoms with Gasteiger partial charge in [-0.15, -0.1) is 0 Å². The van der Waals surface area contributed by atoms with E-state index in [0.717, 1.165) is 35.4 Å². The Bertz CT molecular complexity index is 936. The largest absolute Gasteiger partial charge is 0.334 e. The van der Waals surface area contributed by atoms with Crippen LogP contribution in [0.5, 0.6) is 0 Å². The van der Waals surface area contributed by atoms with Crippen molar-refractivity contribution in [2.24, 2.45) is 0 Å². The number of aryl methyl sites for hydroxylation is 1. The van der Waals surface area contributed by atoms with Crippen LogP contribution in [0.25, 0.3) is 10.2 Å². The number of hydrogen-bond donors (Lipinski definition) is 1. The highest BCUT2D eigenvalue weighted by Crippen LogP contribution is 2.30. The Morgan fingerprint density at radius 2 is 1.96 bits per heavy atom. The average molecular weight is 387 g/mol. The lowest BCUT2D eigenvalue weighted by Crippen LogP contribution is -3.12. The molecule has 0 aliphatic heterocycles. The Balaban J connectivity index is 1.96. The van der Waals surface area contributed by atoms with Gasteiger partial charge < -0.3 is 4.90 Å². The van der Waals surface area contributed by atoms with Gasteiger partial charge in [-0.25, -0.2) is 9.37 Å². The van der Waals surface area contributed by atoms with E-state index in [1.54, 1.807) is 17.0 Å². The first-order chi connectivity index (χ1) is 13.0. The van der Waals surface area contributed by atoms with Crippen LogP contribution in [0, 0.1) is 12.7 Å². The van der Waals surface area contributed by atoms with Crippen LogP contribution < -0.4 is 9.80 Å². The van der Waals surface area contributed by atoms with Crippen LogP contribution in [0.2, 0.25) is 0 Å². The van der Waals surface area contributed by atoms with Gasteiger partial charge in [-0.3, -0.25) is 9.69 Å². The topological polar surface area (TPSA) is 37.6 Å². The molecule has 4 nitrogen and oxygen atoms in total. The molecule has 0 radical (unpaired) electrons. The van der Waals surface area contributed by atoms with Crippen LogP contribution in [-0.2, 0) is 0 Å². The van der Waals surface area contributed by atoms with E-state index in [0.29, 0.717) is 17.2 Å². The van der Waals surface area contributed by atoms with Gasteiger partial charge in [-0.2, -0.15) is 0 Å². The fourth-order valence-corrected chi connectivity index (χ4v) is 4.16. The Kier molecular flexibility index (Phi) is 6.19. The summed E-state index contributed by atoms with van der Waals surface area (Å²) in [6.45, 7) is 9.68. The van der Waals surface area contributed by atoms with Gasteiger partial charge >= 0.3 is 0 Å². The van der Waals surface area contributed by atoms with Gasteiger partial charge in [0.1, 0.15) is 5.82 Å². The number of anilines is 1. The first kappa shape index (κ1) is 19.5. The number of quaternary nitrogens is 1. The molecule has 1 aromatic heterocycles. The third-order valence-electron chi connectivity index (χ3n) is 4.77. The third kappa shape index (κ3) is 4.51. The molecule has 2 aromatic carbocycles. The zero-order valence-electron chi connectivity index (χ0n) is 16.0. The monoisotopic (exact) mass is 386 g/mol. The maximum atomic E-state index is 13.6. The number of fused-ring (bicyclic) bond motifs is 1. The number of halogens is 1. The number of aromatic nitrogens is 1. The van der Waals surface area contributed by atoms with E-state index in [4.69, 9.17) is 0 Å². The molecule has 0 atom stereocenters. The molecule has 1 N–H and O–H groups in total. The fraction of sp³-hybridized carbons (Fsp3) is 0.333. The number of benzene rings is 2. The van der Waals surface area contributed by atoms with Crippen molar-refractivity contribution in [3.05, 3.63) is 59.4 Å². The zero-order valence-corrected chi connectivity index (χ0v) is 16.8. The van der Waals surface area contributed by atoms with Crippen LogP contribution in [0.4, 0.5) is 9.52 Å². The molecule has 142 valence electrons. The standard InChI is InChI=1S/C21H24FN3OS/c1-4-24(5-2)11-12-25(20(26)16-7-6-8-17(22)14-16)21-23-18-10-9-15(3)13-19(18)27-21/h6-10,13-14H,4-5,11-12H2,1-3H3/p+1. The molecule has 0 fully saturated rings. The van der Waals surface area contributed by atoms with Crippen molar-refractivity contribution in [3.8, 4) is 0 Å². The Labute approximate surface area is 163 Å². The second-order valence-electron chi connectivity index (χ2n) is 6.64. The summed E-state index contributed by atoms with van der Waals surface area (Å²) in [5.74, 6) is -0.619. The van der Waals surface area contributed by atoms with E-state index >= 15 is 0 Å². The number of thiazole rings is 1. The molecular weight excluding hydrogens is 361 g/mol. The minimum Gasteiger partial charge on any atom is -0.334 e. The van der Waals surface area contributed by atoms with Gasteiger partial charge in [-0.05, 0) is 56.7 Å². The second-order valence-corrected chi connectivity index (χ2v) is 7.65. The van der Waals surface area contributed by atoms with Crippen LogP contribution in [0.3, 0.4) is 0 Å². The van der Waals surface area contributed by atoms with Gasteiger partial charge in [0.15, 0.2) is 5.13 Å². The van der Waals surface area contributed by atoms with E-state index in [9.17, 15) is 9.18 Å². The van der Waals surface area contributed by atoms with Crippen molar-refractivity contribution in [3.63, 3.8) is 0 Å². The van der Waals surface area contributed by atoms with Crippen LogP contribution in [-0.4, -0.2) is 37.1 Å². The minimum absolute atomic E-state index is 0.211. The number of carbonyl (C=O) groups excluding carboxylic acids is 1. The molecule has 0 aliphatic rings.